The lowest BCUT2D eigenvalue weighted by atomic mass is 9.68. The van der Waals surface area contributed by atoms with Crippen LogP contribution in [-0.4, -0.2) is 49.5 Å². The van der Waals surface area contributed by atoms with E-state index in [9.17, 15) is 0 Å². The van der Waals surface area contributed by atoms with Gasteiger partial charge in [-0.2, -0.15) is 0 Å². The van der Waals surface area contributed by atoms with Crippen LogP contribution in [0.3, 0.4) is 0 Å². The molecule has 0 amide bonds. The molecule has 1 heterocycles. The summed E-state index contributed by atoms with van der Waals surface area (Å²) < 4.78 is 0. The van der Waals surface area contributed by atoms with Gasteiger partial charge in [-0.1, -0.05) is 6.42 Å². The van der Waals surface area contributed by atoms with Crippen molar-refractivity contribution in [2.45, 2.75) is 32.6 Å². The Kier molecular flexibility index (Phi) is 2.89. The van der Waals surface area contributed by atoms with Gasteiger partial charge in [-0.15, -0.1) is 0 Å². The summed E-state index contributed by atoms with van der Waals surface area (Å²) in [5.74, 6) is 1.18. The zero-order chi connectivity index (χ0) is 10.9. The third kappa shape index (κ3) is 1.97. The highest BCUT2D eigenvalue weighted by atomic mass is 15.4. The zero-order valence-electron chi connectivity index (χ0n) is 10.3. The summed E-state index contributed by atoms with van der Waals surface area (Å²) in [4.78, 5) is 9.23. The fraction of sp³-hybridized carbons (Fsp3) is 0.917. The molecule has 0 N–H and O–H groups in total. The molecule has 0 aromatic rings. The summed E-state index contributed by atoms with van der Waals surface area (Å²) in [6.07, 6.45) is 5.70. The molecule has 2 rings (SSSR count). The average Bonchev–Trinajstić information content (AvgIpc) is 2.57. The standard InChI is InChI=1S/C12H23N3/c1-4-13-11(14(2)3)15-9-8-12(10-15)6-5-7-12/h4-10H2,1-3H3. The largest absolute Gasteiger partial charge is 0.349 e. The first kappa shape index (κ1) is 10.8. The monoisotopic (exact) mass is 209 g/mol. The molecule has 0 aromatic carbocycles. The van der Waals surface area contributed by atoms with Crippen LogP contribution in [0.2, 0.25) is 0 Å². The summed E-state index contributed by atoms with van der Waals surface area (Å²) in [6, 6.07) is 0. The van der Waals surface area contributed by atoms with Crippen LogP contribution < -0.4 is 0 Å². The Morgan fingerprint density at radius 2 is 2.07 bits per heavy atom. The zero-order valence-corrected chi connectivity index (χ0v) is 10.3. The number of likely N-dealkylation sites (tertiary alicyclic amines) is 1. The molecule has 1 saturated heterocycles. The minimum atomic E-state index is 0.671. The molecule has 3 heteroatoms. The van der Waals surface area contributed by atoms with Gasteiger partial charge >= 0.3 is 0 Å². The Morgan fingerprint density at radius 3 is 2.47 bits per heavy atom. The van der Waals surface area contributed by atoms with Gasteiger partial charge in [-0.3, -0.25) is 4.99 Å². The van der Waals surface area contributed by atoms with Gasteiger partial charge in [0.25, 0.3) is 0 Å². The third-order valence-electron chi connectivity index (χ3n) is 3.83. The van der Waals surface area contributed by atoms with Crippen molar-refractivity contribution >= 4 is 5.96 Å². The molecule has 1 saturated carbocycles. The summed E-state index contributed by atoms with van der Waals surface area (Å²) in [5.41, 5.74) is 0.671. The van der Waals surface area contributed by atoms with Gasteiger partial charge in [0.2, 0.25) is 0 Å². The van der Waals surface area contributed by atoms with E-state index in [1.165, 1.54) is 44.7 Å². The van der Waals surface area contributed by atoms with Gasteiger partial charge in [0.15, 0.2) is 5.96 Å². The Morgan fingerprint density at radius 1 is 1.33 bits per heavy atom. The molecule has 15 heavy (non-hydrogen) atoms. The third-order valence-corrected chi connectivity index (χ3v) is 3.83. The van der Waals surface area contributed by atoms with Crippen molar-refractivity contribution < 1.29 is 0 Å². The lowest BCUT2D eigenvalue weighted by molar-refractivity contribution is 0.150. The highest BCUT2D eigenvalue weighted by molar-refractivity contribution is 5.80. The van der Waals surface area contributed by atoms with Crippen LogP contribution in [-0.2, 0) is 0 Å². The van der Waals surface area contributed by atoms with E-state index < -0.39 is 0 Å². The van der Waals surface area contributed by atoms with Crippen LogP contribution in [0.4, 0.5) is 0 Å². The van der Waals surface area contributed by atoms with Crippen molar-refractivity contribution in [1.29, 1.82) is 0 Å². The highest BCUT2D eigenvalue weighted by Gasteiger charge is 2.43. The van der Waals surface area contributed by atoms with Crippen LogP contribution in [0.1, 0.15) is 32.6 Å². The van der Waals surface area contributed by atoms with Crippen molar-refractivity contribution in [1.82, 2.24) is 9.80 Å². The van der Waals surface area contributed by atoms with Crippen molar-refractivity contribution in [3.8, 4) is 0 Å². The number of guanidine groups is 1. The molecule has 0 unspecified atom stereocenters. The van der Waals surface area contributed by atoms with Gasteiger partial charge < -0.3 is 9.80 Å². The number of hydrogen-bond acceptors (Lipinski definition) is 1. The van der Waals surface area contributed by atoms with Crippen molar-refractivity contribution in [3.63, 3.8) is 0 Å². The predicted molar refractivity (Wildman–Crippen MR) is 64.1 cm³/mol. The van der Waals surface area contributed by atoms with E-state index >= 15 is 0 Å². The topological polar surface area (TPSA) is 18.8 Å². The first-order chi connectivity index (χ1) is 7.17. The molecular formula is C12H23N3. The molecule has 1 aliphatic carbocycles. The molecule has 0 radical (unpaired) electrons. The average molecular weight is 209 g/mol. The maximum atomic E-state index is 4.60. The smallest absolute Gasteiger partial charge is 0.196 e. The van der Waals surface area contributed by atoms with Gasteiger partial charge in [0, 0.05) is 33.7 Å². The molecule has 1 spiro atoms. The number of rotatable bonds is 1. The molecule has 0 bridgehead atoms. The molecule has 0 atom stereocenters. The normalized spacial score (nSPS) is 24.5. The van der Waals surface area contributed by atoms with Gasteiger partial charge in [0.05, 0.1) is 0 Å². The molecule has 0 aromatic heterocycles. The Balaban J connectivity index is 2.01. The van der Waals surface area contributed by atoms with Crippen LogP contribution in [0.25, 0.3) is 0 Å². The Bertz CT molecular complexity index is 254. The maximum Gasteiger partial charge on any atom is 0.196 e. The molecule has 2 aliphatic rings. The molecule has 2 fully saturated rings. The van der Waals surface area contributed by atoms with E-state index in [0.717, 1.165) is 6.54 Å². The fourth-order valence-electron chi connectivity index (χ4n) is 2.86. The first-order valence-electron chi connectivity index (χ1n) is 6.14. The number of nitrogens with zero attached hydrogens (tertiary/aromatic N) is 3. The molecule has 86 valence electrons. The van der Waals surface area contributed by atoms with E-state index in [2.05, 4.69) is 35.8 Å². The van der Waals surface area contributed by atoms with E-state index in [1.807, 2.05) is 0 Å². The molecule has 1 aliphatic heterocycles. The summed E-state index contributed by atoms with van der Waals surface area (Å²) >= 11 is 0. The van der Waals surface area contributed by atoms with Gasteiger partial charge in [0.1, 0.15) is 0 Å². The van der Waals surface area contributed by atoms with E-state index in [-0.39, 0.29) is 0 Å². The van der Waals surface area contributed by atoms with Gasteiger partial charge in [-0.05, 0) is 31.6 Å². The lowest BCUT2D eigenvalue weighted by Gasteiger charge is -2.38. The van der Waals surface area contributed by atoms with E-state index in [4.69, 9.17) is 0 Å². The number of aliphatic imine (C=N–C) groups is 1. The second-order valence-corrected chi connectivity index (χ2v) is 5.19. The van der Waals surface area contributed by atoms with Crippen molar-refractivity contribution in [2.75, 3.05) is 33.7 Å². The Hall–Kier alpha value is -0.730. The van der Waals surface area contributed by atoms with Crippen molar-refractivity contribution in [3.05, 3.63) is 0 Å². The maximum absolute atomic E-state index is 4.60. The lowest BCUT2D eigenvalue weighted by Crippen LogP contribution is -2.42. The minimum Gasteiger partial charge on any atom is -0.349 e. The summed E-state index contributed by atoms with van der Waals surface area (Å²) in [6.45, 7) is 5.44. The van der Waals surface area contributed by atoms with Crippen LogP contribution in [0.5, 0.6) is 0 Å². The van der Waals surface area contributed by atoms with Gasteiger partial charge in [-0.25, -0.2) is 0 Å². The highest BCUT2D eigenvalue weighted by Crippen LogP contribution is 2.47. The first-order valence-corrected chi connectivity index (χ1v) is 6.14. The van der Waals surface area contributed by atoms with Crippen LogP contribution >= 0.6 is 0 Å². The van der Waals surface area contributed by atoms with Crippen LogP contribution in [0, 0.1) is 5.41 Å². The quantitative estimate of drug-likeness (QED) is 0.484. The molecular weight excluding hydrogens is 186 g/mol. The minimum absolute atomic E-state index is 0.671. The summed E-state index contributed by atoms with van der Waals surface area (Å²) in [7, 11) is 4.19. The second-order valence-electron chi connectivity index (χ2n) is 5.19. The summed E-state index contributed by atoms with van der Waals surface area (Å²) in [5, 5.41) is 0. The van der Waals surface area contributed by atoms with Crippen molar-refractivity contribution in [2.24, 2.45) is 10.4 Å². The predicted octanol–water partition coefficient (Wildman–Crippen LogP) is 1.80. The van der Waals surface area contributed by atoms with E-state index in [1.54, 1.807) is 0 Å². The Labute approximate surface area is 93.2 Å². The SMILES string of the molecule is CCN=C(N(C)C)N1CCC2(CCC2)C1. The molecule has 3 nitrogen and oxygen atoms in total. The fourth-order valence-corrected chi connectivity index (χ4v) is 2.86. The van der Waals surface area contributed by atoms with E-state index in [0.29, 0.717) is 5.41 Å². The number of hydrogen-bond donors (Lipinski definition) is 0. The van der Waals surface area contributed by atoms with Crippen LogP contribution in [0.15, 0.2) is 4.99 Å². The second kappa shape index (κ2) is 4.03.